The Kier molecular flexibility index (Phi) is 5.60. The van der Waals surface area contributed by atoms with Gasteiger partial charge in [0, 0.05) is 16.5 Å². The van der Waals surface area contributed by atoms with E-state index in [1.807, 2.05) is 0 Å². The van der Waals surface area contributed by atoms with Gasteiger partial charge in [0.25, 0.3) is 0 Å². The molecule has 1 aromatic carbocycles. The number of carbonyl (C=O) groups excluding carboxylic acids is 2. The fraction of sp³-hybridized carbons (Fsp3) is 0.619. The lowest BCUT2D eigenvalue weighted by molar-refractivity contribution is -0.148. The summed E-state index contributed by atoms with van der Waals surface area (Å²) in [5.41, 5.74) is 3.87. The molecule has 170 valence electrons. The number of nitrogens with one attached hydrogen (secondary N) is 2. The van der Waals surface area contributed by atoms with Crippen molar-refractivity contribution in [3.63, 3.8) is 0 Å². The summed E-state index contributed by atoms with van der Waals surface area (Å²) in [5, 5.41) is 3.33. The summed E-state index contributed by atoms with van der Waals surface area (Å²) in [7, 11) is -4.09. The van der Waals surface area contributed by atoms with E-state index in [2.05, 4.69) is 10.0 Å². The topological polar surface area (TPSA) is 118 Å². The molecule has 0 aromatic heterocycles. The summed E-state index contributed by atoms with van der Waals surface area (Å²) in [6.07, 6.45) is 4.14. The molecule has 2 atom stereocenters. The average Bonchev–Trinajstić information content (AvgIpc) is 2.64. The molecule has 4 bridgehead atoms. The Morgan fingerprint density at radius 1 is 1.13 bits per heavy atom. The third kappa shape index (κ3) is 4.08. The van der Waals surface area contributed by atoms with Crippen LogP contribution in [0, 0.1) is 23.2 Å². The molecule has 2 unspecified atom stereocenters. The molecule has 4 saturated carbocycles. The van der Waals surface area contributed by atoms with Gasteiger partial charge in [-0.3, -0.25) is 9.59 Å². The van der Waals surface area contributed by atoms with Crippen LogP contribution in [0.25, 0.3) is 0 Å². The van der Waals surface area contributed by atoms with Crippen molar-refractivity contribution >= 4 is 45.0 Å². The van der Waals surface area contributed by atoms with E-state index in [0.29, 0.717) is 18.8 Å². The Morgan fingerprint density at radius 2 is 1.74 bits per heavy atom. The molecule has 10 heteroatoms. The largest absolute Gasteiger partial charge is 0.369 e. The maximum absolute atomic E-state index is 13.1. The van der Waals surface area contributed by atoms with Gasteiger partial charge in [0.05, 0.1) is 5.02 Å². The van der Waals surface area contributed by atoms with Gasteiger partial charge in [-0.2, -0.15) is 4.72 Å². The Labute approximate surface area is 192 Å². The van der Waals surface area contributed by atoms with E-state index in [4.69, 9.17) is 28.9 Å². The third-order valence-electron chi connectivity index (χ3n) is 7.23. The zero-order chi connectivity index (χ0) is 22.8. The van der Waals surface area contributed by atoms with Gasteiger partial charge >= 0.3 is 0 Å². The molecule has 2 amide bonds. The molecular formula is C21H27Cl2N3O4S. The van der Waals surface area contributed by atoms with Crippen LogP contribution in [0.3, 0.4) is 0 Å². The van der Waals surface area contributed by atoms with Gasteiger partial charge < -0.3 is 11.1 Å². The van der Waals surface area contributed by atoms with Crippen molar-refractivity contribution in [3.8, 4) is 0 Å². The highest BCUT2D eigenvalue weighted by Crippen LogP contribution is 2.59. The summed E-state index contributed by atoms with van der Waals surface area (Å²) < 4.78 is 28.2. The second-order valence-corrected chi connectivity index (χ2v) is 12.4. The maximum atomic E-state index is 13.1. The van der Waals surface area contributed by atoms with Crippen molar-refractivity contribution in [2.45, 2.75) is 62.4 Å². The molecule has 31 heavy (non-hydrogen) atoms. The zero-order valence-corrected chi connectivity index (χ0v) is 19.8. The number of rotatable bonds is 6. The molecule has 0 heterocycles. The maximum Gasteiger partial charge on any atom is 0.243 e. The first-order valence-electron chi connectivity index (χ1n) is 10.4. The number of primary amides is 1. The van der Waals surface area contributed by atoms with Crippen molar-refractivity contribution in [3.05, 3.63) is 28.2 Å². The number of benzene rings is 1. The number of sulfonamides is 1. The van der Waals surface area contributed by atoms with Crippen LogP contribution in [0.5, 0.6) is 0 Å². The van der Waals surface area contributed by atoms with Gasteiger partial charge in [-0.15, -0.1) is 0 Å². The van der Waals surface area contributed by atoms with Crippen LogP contribution in [-0.4, -0.2) is 31.8 Å². The van der Waals surface area contributed by atoms with Crippen LogP contribution in [0.4, 0.5) is 0 Å². The normalized spacial score (nSPS) is 32.1. The molecule has 7 nitrogen and oxygen atoms in total. The smallest absolute Gasteiger partial charge is 0.243 e. The Hall–Kier alpha value is -1.35. The fourth-order valence-electron chi connectivity index (χ4n) is 6.01. The van der Waals surface area contributed by atoms with Gasteiger partial charge in [0.15, 0.2) is 0 Å². The van der Waals surface area contributed by atoms with Gasteiger partial charge in [0.2, 0.25) is 21.8 Å². The van der Waals surface area contributed by atoms with Crippen molar-refractivity contribution < 1.29 is 18.0 Å². The number of nitrogens with two attached hydrogens (primary N) is 1. The highest BCUT2D eigenvalue weighted by Gasteiger charge is 2.58. The first-order valence-corrected chi connectivity index (χ1v) is 12.7. The molecule has 0 radical (unpaired) electrons. The predicted octanol–water partition coefficient (Wildman–Crippen LogP) is 2.85. The monoisotopic (exact) mass is 487 g/mol. The van der Waals surface area contributed by atoms with E-state index < -0.39 is 26.9 Å². The van der Waals surface area contributed by atoms with E-state index in [0.717, 1.165) is 19.3 Å². The fourth-order valence-corrected chi connectivity index (χ4v) is 8.15. The molecule has 5 rings (SSSR count). The molecular weight excluding hydrogens is 461 g/mol. The summed E-state index contributed by atoms with van der Waals surface area (Å²) in [4.78, 5) is 25.1. The number of carbonyl (C=O) groups is 2. The minimum atomic E-state index is -4.09. The number of hydrogen-bond donors (Lipinski definition) is 3. The standard InChI is InChI=1S/C21H27Cl2N3O4S/c1-20(2,26-31(29,30)16-7-14(22)3-4-15(16)23)19(28)25-17-12-5-11-6-13(17)10-21(8-11,9-12)18(24)27/h3-4,7,11-13,17,26H,5-6,8-10H2,1-2H3,(H2,24,27)(H,25,28). The predicted molar refractivity (Wildman–Crippen MR) is 118 cm³/mol. The molecule has 0 saturated heterocycles. The molecule has 0 spiro atoms. The van der Waals surface area contributed by atoms with Crippen LogP contribution < -0.4 is 15.8 Å². The lowest BCUT2D eigenvalue weighted by Crippen LogP contribution is -2.65. The van der Waals surface area contributed by atoms with Crippen LogP contribution in [-0.2, 0) is 19.6 Å². The molecule has 4 aliphatic rings. The van der Waals surface area contributed by atoms with E-state index >= 15 is 0 Å². The first kappa shape index (κ1) is 22.8. The highest BCUT2D eigenvalue weighted by atomic mass is 35.5. The number of amides is 2. The summed E-state index contributed by atoms with van der Waals surface area (Å²) in [5.74, 6) is 0.174. The van der Waals surface area contributed by atoms with E-state index in [1.54, 1.807) is 0 Å². The van der Waals surface area contributed by atoms with Crippen LogP contribution in [0.15, 0.2) is 23.1 Å². The molecule has 0 aliphatic heterocycles. The number of hydrogen-bond acceptors (Lipinski definition) is 4. The second kappa shape index (κ2) is 7.61. The first-order chi connectivity index (χ1) is 14.3. The molecule has 4 N–H and O–H groups in total. The lowest BCUT2D eigenvalue weighted by Gasteiger charge is -2.59. The van der Waals surface area contributed by atoms with Gasteiger partial charge in [-0.25, -0.2) is 8.42 Å². The Bertz CT molecular complexity index is 1030. The minimum absolute atomic E-state index is 0.0193. The van der Waals surface area contributed by atoms with E-state index in [9.17, 15) is 18.0 Å². The van der Waals surface area contributed by atoms with Crippen LogP contribution in [0.1, 0.15) is 46.0 Å². The van der Waals surface area contributed by atoms with E-state index in [1.165, 1.54) is 32.0 Å². The summed E-state index contributed by atoms with van der Waals surface area (Å²) >= 11 is 12.0. The van der Waals surface area contributed by atoms with Crippen LogP contribution >= 0.6 is 23.2 Å². The Balaban J connectivity index is 1.50. The Morgan fingerprint density at radius 3 is 2.32 bits per heavy atom. The second-order valence-electron chi connectivity index (χ2n) is 9.92. The summed E-state index contributed by atoms with van der Waals surface area (Å²) in [6, 6.07) is 4.05. The van der Waals surface area contributed by atoms with Crippen LogP contribution in [0.2, 0.25) is 10.0 Å². The SMILES string of the molecule is CC(C)(NS(=O)(=O)c1cc(Cl)ccc1Cl)C(=O)NC1C2CC3CC1CC(C(N)=O)(C3)C2. The average molecular weight is 488 g/mol. The molecule has 4 aliphatic carbocycles. The van der Waals surface area contributed by atoms with Gasteiger partial charge in [0.1, 0.15) is 10.4 Å². The molecule has 4 fully saturated rings. The van der Waals surface area contributed by atoms with Crippen molar-refractivity contribution in [2.75, 3.05) is 0 Å². The van der Waals surface area contributed by atoms with E-state index in [-0.39, 0.29) is 38.7 Å². The van der Waals surface area contributed by atoms with Gasteiger partial charge in [-0.1, -0.05) is 23.2 Å². The van der Waals surface area contributed by atoms with Gasteiger partial charge in [-0.05, 0) is 81.9 Å². The minimum Gasteiger partial charge on any atom is -0.369 e. The zero-order valence-electron chi connectivity index (χ0n) is 17.5. The highest BCUT2D eigenvalue weighted by molar-refractivity contribution is 7.89. The summed E-state index contributed by atoms with van der Waals surface area (Å²) in [6.45, 7) is 3.03. The van der Waals surface area contributed by atoms with Crippen molar-refractivity contribution in [1.82, 2.24) is 10.0 Å². The van der Waals surface area contributed by atoms with Crippen molar-refractivity contribution in [1.29, 1.82) is 0 Å². The number of halogens is 2. The molecule has 1 aromatic rings. The third-order valence-corrected chi connectivity index (χ3v) is 9.61. The lowest BCUT2D eigenvalue weighted by atomic mass is 9.47. The van der Waals surface area contributed by atoms with Crippen molar-refractivity contribution in [2.24, 2.45) is 28.9 Å². The quantitative estimate of drug-likeness (QED) is 0.571.